The Hall–Kier alpha value is -1.05. The quantitative estimate of drug-likeness (QED) is 0.602. The van der Waals surface area contributed by atoms with E-state index in [4.69, 9.17) is 5.73 Å². The molecule has 0 aliphatic rings. The van der Waals surface area contributed by atoms with Crippen LogP contribution in [0.15, 0.2) is 12.3 Å². The van der Waals surface area contributed by atoms with Crippen molar-refractivity contribution in [2.45, 2.75) is 13.3 Å². The van der Waals surface area contributed by atoms with Gasteiger partial charge in [0.1, 0.15) is 0 Å². The fourth-order valence-electron chi connectivity index (χ4n) is 0.695. The van der Waals surface area contributed by atoms with Crippen LogP contribution in [-0.4, -0.2) is 4.98 Å². The molecule has 1 heterocycles. The third kappa shape index (κ3) is 1.19. The fourth-order valence-corrected chi connectivity index (χ4v) is 0.695. The lowest BCUT2D eigenvalue weighted by Crippen LogP contribution is -1.94. The minimum atomic E-state index is 0.736. The topological polar surface area (TPSA) is 38.9 Å². The van der Waals surface area contributed by atoms with Crippen LogP contribution in [0.1, 0.15) is 12.6 Å². The minimum absolute atomic E-state index is 0.736. The Morgan fingerprint density at radius 1 is 1.78 bits per heavy atom. The van der Waals surface area contributed by atoms with Gasteiger partial charge >= 0.3 is 0 Å². The molecule has 0 saturated carbocycles. The van der Waals surface area contributed by atoms with Crippen LogP contribution in [-0.2, 0) is 6.42 Å². The summed E-state index contributed by atoms with van der Waals surface area (Å²) in [4.78, 5) is 4.02. The Balaban J connectivity index is 3.01. The molecule has 0 unspecified atom stereocenters. The third-order valence-electron chi connectivity index (χ3n) is 1.20. The van der Waals surface area contributed by atoms with Crippen molar-refractivity contribution in [3.05, 3.63) is 24.0 Å². The average Bonchev–Trinajstić information content (AvgIpc) is 1.89. The largest absolute Gasteiger partial charge is 0.397 e. The van der Waals surface area contributed by atoms with Gasteiger partial charge in [0, 0.05) is 12.3 Å². The summed E-state index contributed by atoms with van der Waals surface area (Å²) in [5, 5.41) is 0. The van der Waals surface area contributed by atoms with Crippen molar-refractivity contribution in [2.24, 2.45) is 0 Å². The molecule has 0 amide bonds. The van der Waals surface area contributed by atoms with E-state index in [2.05, 4.69) is 11.1 Å². The van der Waals surface area contributed by atoms with Crippen molar-refractivity contribution in [3.8, 4) is 0 Å². The Morgan fingerprint density at radius 3 is 3.00 bits per heavy atom. The summed E-state index contributed by atoms with van der Waals surface area (Å²) in [6, 6.07) is 4.54. The second kappa shape index (κ2) is 2.49. The van der Waals surface area contributed by atoms with Crippen LogP contribution in [0.3, 0.4) is 0 Å². The number of anilines is 1. The lowest BCUT2D eigenvalue weighted by atomic mass is 10.2. The molecule has 2 nitrogen and oxygen atoms in total. The second-order valence-electron chi connectivity index (χ2n) is 1.82. The molecule has 0 bridgehead atoms. The summed E-state index contributed by atoms with van der Waals surface area (Å²) in [7, 11) is 0. The summed E-state index contributed by atoms with van der Waals surface area (Å²) in [5.74, 6) is 0. The maximum atomic E-state index is 5.54. The highest BCUT2D eigenvalue weighted by atomic mass is 14.7. The molecular weight excluding hydrogens is 112 g/mol. The van der Waals surface area contributed by atoms with Crippen LogP contribution in [0, 0.1) is 6.07 Å². The van der Waals surface area contributed by atoms with Gasteiger partial charge in [0.25, 0.3) is 0 Å². The van der Waals surface area contributed by atoms with Crippen molar-refractivity contribution < 1.29 is 0 Å². The van der Waals surface area contributed by atoms with Crippen LogP contribution < -0.4 is 5.73 Å². The highest BCUT2D eigenvalue weighted by molar-refractivity contribution is 5.41. The number of aromatic nitrogens is 1. The van der Waals surface area contributed by atoms with Gasteiger partial charge in [-0.25, -0.2) is 0 Å². The van der Waals surface area contributed by atoms with Gasteiger partial charge in [-0.05, 0) is 12.5 Å². The van der Waals surface area contributed by atoms with Crippen LogP contribution >= 0.6 is 0 Å². The van der Waals surface area contributed by atoms with Crippen LogP contribution in [0.2, 0.25) is 0 Å². The molecule has 47 valence electrons. The first-order valence-corrected chi connectivity index (χ1v) is 2.95. The van der Waals surface area contributed by atoms with Crippen molar-refractivity contribution in [3.63, 3.8) is 0 Å². The van der Waals surface area contributed by atoms with Crippen LogP contribution in [0.5, 0.6) is 0 Å². The number of nitrogen functional groups attached to an aromatic ring is 1. The van der Waals surface area contributed by atoms with Gasteiger partial charge in [0.15, 0.2) is 0 Å². The third-order valence-corrected chi connectivity index (χ3v) is 1.20. The highest BCUT2D eigenvalue weighted by Gasteiger charge is 1.92. The van der Waals surface area contributed by atoms with Crippen molar-refractivity contribution in [2.75, 3.05) is 5.73 Å². The van der Waals surface area contributed by atoms with E-state index in [-0.39, 0.29) is 0 Å². The molecule has 0 aliphatic heterocycles. The average molecular weight is 121 g/mol. The predicted molar refractivity (Wildman–Crippen MR) is 36.9 cm³/mol. The molecule has 0 aromatic carbocycles. The zero-order valence-electron chi connectivity index (χ0n) is 5.39. The van der Waals surface area contributed by atoms with Crippen LogP contribution in [0.25, 0.3) is 0 Å². The first kappa shape index (κ1) is 6.08. The monoisotopic (exact) mass is 121 g/mol. The maximum absolute atomic E-state index is 5.54. The van der Waals surface area contributed by atoms with Crippen LogP contribution in [0.4, 0.5) is 5.69 Å². The SMILES string of the molecule is CCc1nc[c]cc1N. The summed E-state index contributed by atoms with van der Waals surface area (Å²) < 4.78 is 0. The van der Waals surface area contributed by atoms with Gasteiger partial charge in [-0.2, -0.15) is 0 Å². The molecular formula is C7H9N2. The number of pyridine rings is 1. The molecule has 1 aromatic heterocycles. The van der Waals surface area contributed by atoms with E-state index in [1.54, 1.807) is 12.3 Å². The van der Waals surface area contributed by atoms with E-state index >= 15 is 0 Å². The minimum Gasteiger partial charge on any atom is -0.397 e. The van der Waals surface area contributed by atoms with Crippen molar-refractivity contribution in [1.29, 1.82) is 0 Å². The number of rotatable bonds is 1. The number of hydrogen-bond donors (Lipinski definition) is 1. The standard InChI is InChI=1S/C7H9N2/c1-2-7-6(8)4-3-5-9-7/h4-5H,2,8H2,1H3. The van der Waals surface area contributed by atoms with Gasteiger partial charge in [-0.15, -0.1) is 0 Å². The van der Waals surface area contributed by atoms with E-state index in [9.17, 15) is 0 Å². The summed E-state index contributed by atoms with van der Waals surface area (Å²) in [6.07, 6.45) is 2.52. The number of nitrogens with two attached hydrogens (primary N) is 1. The number of hydrogen-bond acceptors (Lipinski definition) is 2. The second-order valence-corrected chi connectivity index (χ2v) is 1.82. The summed E-state index contributed by atoms with van der Waals surface area (Å²) in [5.41, 5.74) is 7.23. The molecule has 1 rings (SSSR count). The smallest absolute Gasteiger partial charge is 0.0630 e. The summed E-state index contributed by atoms with van der Waals surface area (Å²) in [6.45, 7) is 2.03. The molecule has 0 saturated heterocycles. The molecule has 0 atom stereocenters. The van der Waals surface area contributed by atoms with Gasteiger partial charge < -0.3 is 5.73 Å². The molecule has 0 aliphatic carbocycles. The van der Waals surface area contributed by atoms with E-state index in [1.807, 2.05) is 6.92 Å². The van der Waals surface area contributed by atoms with E-state index < -0.39 is 0 Å². The van der Waals surface area contributed by atoms with E-state index in [1.165, 1.54) is 0 Å². The molecule has 1 aromatic rings. The predicted octanol–water partition coefficient (Wildman–Crippen LogP) is 1.03. The Morgan fingerprint density at radius 2 is 2.56 bits per heavy atom. The molecule has 9 heavy (non-hydrogen) atoms. The highest BCUT2D eigenvalue weighted by Crippen LogP contribution is 2.05. The van der Waals surface area contributed by atoms with Gasteiger partial charge in [-0.1, -0.05) is 6.92 Å². The summed E-state index contributed by atoms with van der Waals surface area (Å²) >= 11 is 0. The normalized spacial score (nSPS) is 9.44. The lowest BCUT2D eigenvalue weighted by molar-refractivity contribution is 1.04. The zero-order valence-corrected chi connectivity index (χ0v) is 5.39. The maximum Gasteiger partial charge on any atom is 0.0630 e. The molecule has 2 heteroatoms. The first-order chi connectivity index (χ1) is 4.34. The number of aryl methyl sites for hydroxylation is 1. The number of nitrogens with zero attached hydrogens (tertiary/aromatic N) is 1. The van der Waals surface area contributed by atoms with Gasteiger partial charge in [0.05, 0.1) is 11.4 Å². The molecule has 0 spiro atoms. The Bertz CT molecular complexity index is 196. The molecule has 1 radical (unpaired) electrons. The van der Waals surface area contributed by atoms with Gasteiger partial charge in [-0.3, -0.25) is 4.98 Å². The van der Waals surface area contributed by atoms with Gasteiger partial charge in [0.2, 0.25) is 0 Å². The molecule has 0 fully saturated rings. The Labute approximate surface area is 54.7 Å². The molecule has 2 N–H and O–H groups in total. The lowest BCUT2D eigenvalue weighted by Gasteiger charge is -1.96. The van der Waals surface area contributed by atoms with E-state index in [0.717, 1.165) is 17.8 Å². The zero-order chi connectivity index (χ0) is 6.69. The fraction of sp³-hybridized carbons (Fsp3) is 0.286. The van der Waals surface area contributed by atoms with E-state index in [0.29, 0.717) is 0 Å². The Kier molecular flexibility index (Phi) is 1.68. The first-order valence-electron chi connectivity index (χ1n) is 2.95. The van der Waals surface area contributed by atoms with Crippen molar-refractivity contribution >= 4 is 5.69 Å². The van der Waals surface area contributed by atoms with Crippen molar-refractivity contribution in [1.82, 2.24) is 4.98 Å².